The fraction of sp³-hybridized carbons (Fsp3) is 0.200. The van der Waals surface area contributed by atoms with E-state index in [9.17, 15) is 0 Å². The quantitative estimate of drug-likeness (QED) is 0.744. The Kier molecular flexibility index (Phi) is 2.57. The van der Waals surface area contributed by atoms with Crippen molar-refractivity contribution in [1.82, 2.24) is 15.3 Å². The number of aromatic amines is 1. The van der Waals surface area contributed by atoms with E-state index >= 15 is 0 Å². The SMILES string of the molecule is Clc1cc2nc(NC3=NCCN3)[nH]c2cc1Cl. The maximum Gasteiger partial charge on any atom is 0.208 e. The topological polar surface area (TPSA) is 65.1 Å². The predicted octanol–water partition coefficient (Wildman–Crippen LogP) is 2.24. The van der Waals surface area contributed by atoms with Crippen molar-refractivity contribution < 1.29 is 0 Å². The lowest BCUT2D eigenvalue weighted by Crippen LogP contribution is -2.26. The number of aliphatic imine (C=N–C) groups is 1. The minimum atomic E-state index is 0.494. The summed E-state index contributed by atoms with van der Waals surface area (Å²) < 4.78 is 0. The highest BCUT2D eigenvalue weighted by Gasteiger charge is 2.09. The molecule has 0 atom stereocenters. The van der Waals surface area contributed by atoms with Gasteiger partial charge in [-0.2, -0.15) is 0 Å². The number of nitrogens with one attached hydrogen (secondary N) is 3. The van der Waals surface area contributed by atoms with Gasteiger partial charge < -0.3 is 10.3 Å². The van der Waals surface area contributed by atoms with Gasteiger partial charge in [0, 0.05) is 6.54 Å². The minimum Gasteiger partial charge on any atom is -0.354 e. The van der Waals surface area contributed by atoms with Crippen molar-refractivity contribution in [1.29, 1.82) is 0 Å². The van der Waals surface area contributed by atoms with Gasteiger partial charge >= 0.3 is 0 Å². The number of guanidine groups is 1. The molecule has 0 aliphatic carbocycles. The average molecular weight is 270 g/mol. The third-order valence-corrected chi connectivity index (χ3v) is 3.16. The number of hydrogen-bond acceptors (Lipinski definition) is 4. The zero-order valence-corrected chi connectivity index (χ0v) is 10.2. The van der Waals surface area contributed by atoms with Crippen LogP contribution in [0.15, 0.2) is 17.1 Å². The van der Waals surface area contributed by atoms with Crippen molar-refractivity contribution in [3.8, 4) is 0 Å². The molecule has 17 heavy (non-hydrogen) atoms. The fourth-order valence-corrected chi connectivity index (χ4v) is 1.98. The van der Waals surface area contributed by atoms with Gasteiger partial charge in [0.1, 0.15) is 0 Å². The Labute approximate surface area is 107 Å². The van der Waals surface area contributed by atoms with Crippen molar-refractivity contribution in [2.75, 3.05) is 18.4 Å². The Hall–Kier alpha value is -1.46. The molecule has 0 amide bonds. The molecule has 1 aliphatic heterocycles. The Balaban J connectivity index is 1.96. The number of H-pyrrole nitrogens is 1. The molecular formula is C10H9Cl2N5. The molecule has 3 N–H and O–H groups in total. The summed E-state index contributed by atoms with van der Waals surface area (Å²) in [7, 11) is 0. The third kappa shape index (κ3) is 2.03. The van der Waals surface area contributed by atoms with Crippen LogP contribution in [0.25, 0.3) is 11.0 Å². The molecule has 0 radical (unpaired) electrons. The Morgan fingerprint density at radius 2 is 2.06 bits per heavy atom. The first-order valence-corrected chi connectivity index (χ1v) is 5.88. The molecule has 0 unspecified atom stereocenters. The second-order valence-corrected chi connectivity index (χ2v) is 4.47. The largest absolute Gasteiger partial charge is 0.354 e. The number of nitrogens with zero attached hydrogens (tertiary/aromatic N) is 2. The number of hydrogen-bond donors (Lipinski definition) is 3. The smallest absolute Gasteiger partial charge is 0.208 e. The predicted molar refractivity (Wildman–Crippen MR) is 70.0 cm³/mol. The molecule has 2 heterocycles. The van der Waals surface area contributed by atoms with Crippen LogP contribution in [-0.4, -0.2) is 29.0 Å². The number of halogens is 2. The summed E-state index contributed by atoms with van der Waals surface area (Å²) in [5.74, 6) is 1.34. The molecule has 1 aromatic carbocycles. The Morgan fingerprint density at radius 1 is 1.24 bits per heavy atom. The summed E-state index contributed by atoms with van der Waals surface area (Å²) in [6.45, 7) is 1.63. The maximum absolute atomic E-state index is 5.93. The van der Waals surface area contributed by atoms with Crippen LogP contribution in [0.4, 0.5) is 5.95 Å². The van der Waals surface area contributed by atoms with E-state index in [4.69, 9.17) is 23.2 Å². The molecule has 0 bridgehead atoms. The van der Waals surface area contributed by atoms with E-state index in [-0.39, 0.29) is 0 Å². The summed E-state index contributed by atoms with van der Waals surface area (Å²) in [5, 5.41) is 7.15. The monoisotopic (exact) mass is 269 g/mol. The van der Waals surface area contributed by atoms with Crippen molar-refractivity contribution in [3.05, 3.63) is 22.2 Å². The summed E-state index contributed by atoms with van der Waals surface area (Å²) >= 11 is 11.9. The molecule has 1 aromatic heterocycles. The minimum absolute atomic E-state index is 0.494. The van der Waals surface area contributed by atoms with Crippen LogP contribution in [-0.2, 0) is 0 Å². The molecule has 88 valence electrons. The second-order valence-electron chi connectivity index (χ2n) is 3.65. The highest BCUT2D eigenvalue weighted by Crippen LogP contribution is 2.27. The highest BCUT2D eigenvalue weighted by atomic mass is 35.5. The Bertz CT molecular complexity index is 565. The molecule has 0 saturated carbocycles. The lowest BCUT2D eigenvalue weighted by Gasteiger charge is -2.01. The van der Waals surface area contributed by atoms with E-state index in [1.807, 2.05) is 0 Å². The van der Waals surface area contributed by atoms with Crippen LogP contribution in [0, 0.1) is 0 Å². The van der Waals surface area contributed by atoms with Gasteiger partial charge in [-0.05, 0) is 12.1 Å². The van der Waals surface area contributed by atoms with E-state index in [1.54, 1.807) is 12.1 Å². The summed E-state index contributed by atoms with van der Waals surface area (Å²) in [4.78, 5) is 11.7. The van der Waals surface area contributed by atoms with Crippen molar-refractivity contribution in [3.63, 3.8) is 0 Å². The summed E-state index contributed by atoms with van der Waals surface area (Å²) in [6.07, 6.45) is 0. The van der Waals surface area contributed by atoms with Gasteiger partial charge in [0.2, 0.25) is 5.95 Å². The molecule has 3 rings (SSSR count). The van der Waals surface area contributed by atoms with Gasteiger partial charge in [0.05, 0.1) is 27.6 Å². The molecule has 0 saturated heterocycles. The van der Waals surface area contributed by atoms with Crippen LogP contribution < -0.4 is 10.6 Å². The van der Waals surface area contributed by atoms with Gasteiger partial charge in [-0.15, -0.1) is 0 Å². The highest BCUT2D eigenvalue weighted by molar-refractivity contribution is 6.42. The number of fused-ring (bicyclic) bond motifs is 1. The lowest BCUT2D eigenvalue weighted by molar-refractivity contribution is 0.958. The fourth-order valence-electron chi connectivity index (χ4n) is 1.66. The lowest BCUT2D eigenvalue weighted by atomic mass is 10.3. The van der Waals surface area contributed by atoms with Crippen LogP contribution in [0.5, 0.6) is 0 Å². The normalized spacial score (nSPS) is 14.8. The van der Waals surface area contributed by atoms with E-state index < -0.39 is 0 Å². The number of rotatable bonds is 1. The number of aromatic nitrogens is 2. The van der Waals surface area contributed by atoms with Crippen molar-refractivity contribution in [2.45, 2.75) is 0 Å². The number of benzene rings is 1. The van der Waals surface area contributed by atoms with Gasteiger partial charge in [0.25, 0.3) is 0 Å². The first-order chi connectivity index (χ1) is 8.22. The second kappa shape index (κ2) is 4.09. The molecular weight excluding hydrogens is 261 g/mol. The summed E-state index contributed by atoms with van der Waals surface area (Å²) in [6, 6.07) is 3.48. The van der Waals surface area contributed by atoms with E-state index in [2.05, 4.69) is 25.6 Å². The number of imidazole rings is 1. The van der Waals surface area contributed by atoms with Gasteiger partial charge in [-0.3, -0.25) is 10.3 Å². The zero-order chi connectivity index (χ0) is 11.8. The van der Waals surface area contributed by atoms with Crippen molar-refractivity contribution >= 4 is 46.1 Å². The average Bonchev–Trinajstić information content (AvgIpc) is 2.89. The van der Waals surface area contributed by atoms with E-state index in [1.165, 1.54) is 0 Å². The van der Waals surface area contributed by atoms with Crippen LogP contribution >= 0.6 is 23.2 Å². The maximum atomic E-state index is 5.93. The van der Waals surface area contributed by atoms with Gasteiger partial charge in [-0.25, -0.2) is 4.98 Å². The number of anilines is 1. The van der Waals surface area contributed by atoms with Gasteiger partial charge in [-0.1, -0.05) is 23.2 Å². The van der Waals surface area contributed by atoms with Gasteiger partial charge in [0.15, 0.2) is 5.96 Å². The zero-order valence-electron chi connectivity index (χ0n) is 8.72. The molecule has 0 spiro atoms. The van der Waals surface area contributed by atoms with Crippen molar-refractivity contribution in [2.24, 2.45) is 4.99 Å². The first kappa shape index (κ1) is 10.7. The van der Waals surface area contributed by atoms with E-state index in [0.29, 0.717) is 16.0 Å². The molecule has 2 aromatic rings. The molecule has 5 nitrogen and oxygen atoms in total. The van der Waals surface area contributed by atoms with Crippen LogP contribution in [0.2, 0.25) is 10.0 Å². The molecule has 7 heteroatoms. The Morgan fingerprint density at radius 3 is 2.82 bits per heavy atom. The standard InChI is InChI=1S/C10H9Cl2N5/c11-5-3-7-8(4-6(5)12)16-10(15-7)17-9-13-1-2-14-9/h3-4H,1-2H2,(H3,13,14,15,16,17). The first-order valence-electron chi connectivity index (χ1n) is 5.12. The summed E-state index contributed by atoms with van der Waals surface area (Å²) in [5.41, 5.74) is 1.60. The van der Waals surface area contributed by atoms with Crippen LogP contribution in [0.1, 0.15) is 0 Å². The molecule has 0 fully saturated rings. The van der Waals surface area contributed by atoms with E-state index in [0.717, 1.165) is 30.1 Å². The molecule has 1 aliphatic rings. The third-order valence-electron chi connectivity index (χ3n) is 2.43. The van der Waals surface area contributed by atoms with Crippen LogP contribution in [0.3, 0.4) is 0 Å².